The molecule has 4 nitrogen and oxygen atoms in total. The van der Waals surface area contributed by atoms with Crippen molar-refractivity contribution in [2.24, 2.45) is 0 Å². The number of carbonyl (C=O) groups is 1. The highest BCUT2D eigenvalue weighted by Gasteiger charge is 2.14. The van der Waals surface area contributed by atoms with Gasteiger partial charge in [0.2, 0.25) is 0 Å². The van der Waals surface area contributed by atoms with Crippen LogP contribution in [-0.4, -0.2) is 12.5 Å². The Morgan fingerprint density at radius 2 is 2.10 bits per heavy atom. The topological polar surface area (TPSA) is 64.3 Å². The van der Waals surface area contributed by atoms with Gasteiger partial charge in [0.05, 0.1) is 11.7 Å². The van der Waals surface area contributed by atoms with Gasteiger partial charge in [0.1, 0.15) is 5.75 Å². The predicted octanol–water partition coefficient (Wildman–Crippen LogP) is 3.20. The number of anilines is 1. The van der Waals surface area contributed by atoms with Crippen molar-refractivity contribution < 1.29 is 9.53 Å². The molecule has 0 fully saturated rings. The van der Waals surface area contributed by atoms with Gasteiger partial charge in [-0.1, -0.05) is 12.1 Å². The van der Waals surface area contributed by atoms with Crippen LogP contribution in [0.4, 0.5) is 5.69 Å². The van der Waals surface area contributed by atoms with Crippen LogP contribution in [-0.2, 0) is 4.79 Å². The first-order valence-corrected chi connectivity index (χ1v) is 7.62. The van der Waals surface area contributed by atoms with Crippen LogP contribution >= 0.6 is 11.3 Å². The molecule has 0 spiro atoms. The Kier molecular flexibility index (Phi) is 4.85. The number of rotatable bonds is 5. The maximum Gasteiger partial charge on any atom is 0.258 e. The number of hydrogen-bond donors (Lipinski definition) is 2. The highest BCUT2D eigenvalue weighted by atomic mass is 32.1. The minimum Gasteiger partial charge on any atom is -0.482 e. The van der Waals surface area contributed by atoms with Crippen LogP contribution in [0.2, 0.25) is 0 Å². The van der Waals surface area contributed by atoms with Crippen molar-refractivity contribution in [3.05, 3.63) is 45.6 Å². The number of carbonyl (C=O) groups excluding carboxylic acids is 1. The first-order valence-electron chi connectivity index (χ1n) is 6.81. The van der Waals surface area contributed by atoms with E-state index in [1.807, 2.05) is 19.1 Å². The van der Waals surface area contributed by atoms with Gasteiger partial charge in [0.25, 0.3) is 5.91 Å². The lowest BCUT2D eigenvalue weighted by Crippen LogP contribution is -2.31. The Morgan fingerprint density at radius 3 is 2.71 bits per heavy atom. The van der Waals surface area contributed by atoms with Crippen molar-refractivity contribution >= 4 is 22.9 Å². The summed E-state index contributed by atoms with van der Waals surface area (Å²) in [6, 6.07) is 9.22. The number of amides is 1. The molecule has 1 heterocycles. The maximum absolute atomic E-state index is 12.0. The van der Waals surface area contributed by atoms with E-state index in [2.05, 4.69) is 25.2 Å². The van der Waals surface area contributed by atoms with Crippen molar-refractivity contribution in [3.63, 3.8) is 0 Å². The molecule has 2 aromatic rings. The third-order valence-corrected chi connectivity index (χ3v) is 4.18. The standard InChI is InChI=1S/C16H20N2O2S/c1-10-8-13(12(3)21-10)11(2)18-16(19)9-20-15-7-5-4-6-14(15)17/h4-8,11H,9,17H2,1-3H3,(H,18,19). The number of aryl methyl sites for hydroxylation is 2. The summed E-state index contributed by atoms with van der Waals surface area (Å²) in [6.45, 7) is 6.07. The summed E-state index contributed by atoms with van der Waals surface area (Å²) in [5.41, 5.74) is 7.45. The number of nitrogens with one attached hydrogen (secondary N) is 1. The number of ether oxygens (including phenoxy) is 1. The average Bonchev–Trinajstić information content (AvgIpc) is 2.77. The summed E-state index contributed by atoms with van der Waals surface area (Å²) in [5, 5.41) is 2.94. The number of nitrogen functional groups attached to an aromatic ring is 1. The largest absolute Gasteiger partial charge is 0.482 e. The van der Waals surface area contributed by atoms with E-state index in [1.54, 1.807) is 23.5 Å². The molecule has 2 rings (SSSR count). The Balaban J connectivity index is 1.90. The number of benzene rings is 1. The van der Waals surface area contributed by atoms with Crippen molar-refractivity contribution in [1.82, 2.24) is 5.32 Å². The highest BCUT2D eigenvalue weighted by molar-refractivity contribution is 7.12. The van der Waals surface area contributed by atoms with Crippen LogP contribution in [0.3, 0.4) is 0 Å². The van der Waals surface area contributed by atoms with E-state index >= 15 is 0 Å². The van der Waals surface area contributed by atoms with E-state index in [1.165, 1.54) is 9.75 Å². The second-order valence-corrected chi connectivity index (χ2v) is 6.44. The third kappa shape index (κ3) is 3.98. The van der Waals surface area contributed by atoms with Gasteiger partial charge in [-0.25, -0.2) is 0 Å². The summed E-state index contributed by atoms with van der Waals surface area (Å²) in [6.07, 6.45) is 0. The zero-order chi connectivity index (χ0) is 15.4. The van der Waals surface area contributed by atoms with Crippen molar-refractivity contribution in [1.29, 1.82) is 0 Å². The molecule has 0 saturated heterocycles. The zero-order valence-electron chi connectivity index (χ0n) is 12.5. The van der Waals surface area contributed by atoms with Gasteiger partial charge in [-0.2, -0.15) is 0 Å². The van der Waals surface area contributed by atoms with Crippen LogP contribution < -0.4 is 15.8 Å². The van der Waals surface area contributed by atoms with Crippen molar-refractivity contribution in [3.8, 4) is 5.75 Å². The molecule has 1 aromatic carbocycles. The van der Waals surface area contributed by atoms with Crippen LogP contribution in [0.5, 0.6) is 5.75 Å². The van der Waals surface area contributed by atoms with Gasteiger partial charge in [-0.3, -0.25) is 4.79 Å². The van der Waals surface area contributed by atoms with E-state index in [-0.39, 0.29) is 18.6 Å². The molecule has 0 saturated carbocycles. The number of nitrogens with two attached hydrogens (primary N) is 1. The van der Waals surface area contributed by atoms with Gasteiger partial charge in [0.15, 0.2) is 6.61 Å². The van der Waals surface area contributed by atoms with Crippen LogP contribution in [0.1, 0.15) is 28.3 Å². The van der Waals surface area contributed by atoms with Crippen molar-refractivity contribution in [2.45, 2.75) is 26.8 Å². The second-order valence-electron chi connectivity index (χ2n) is 4.98. The summed E-state index contributed by atoms with van der Waals surface area (Å²) in [5.74, 6) is 0.372. The fraction of sp³-hybridized carbons (Fsp3) is 0.312. The van der Waals surface area contributed by atoms with E-state index in [4.69, 9.17) is 10.5 Å². The molecule has 0 aliphatic rings. The molecular weight excluding hydrogens is 284 g/mol. The van der Waals surface area contributed by atoms with Gasteiger partial charge in [-0.15, -0.1) is 11.3 Å². The van der Waals surface area contributed by atoms with E-state index in [0.29, 0.717) is 11.4 Å². The summed E-state index contributed by atoms with van der Waals surface area (Å²) in [7, 11) is 0. The van der Waals surface area contributed by atoms with E-state index in [9.17, 15) is 4.79 Å². The van der Waals surface area contributed by atoms with Gasteiger partial charge in [-0.05, 0) is 44.5 Å². The molecule has 112 valence electrons. The van der Waals surface area contributed by atoms with E-state index < -0.39 is 0 Å². The molecule has 21 heavy (non-hydrogen) atoms. The monoisotopic (exact) mass is 304 g/mol. The maximum atomic E-state index is 12.0. The van der Waals surface area contributed by atoms with E-state index in [0.717, 1.165) is 5.56 Å². The Hall–Kier alpha value is -2.01. The SMILES string of the molecule is Cc1cc(C(C)NC(=O)COc2ccccc2N)c(C)s1. The second kappa shape index (κ2) is 6.63. The molecule has 1 aromatic heterocycles. The van der Waals surface area contributed by atoms with Crippen LogP contribution in [0, 0.1) is 13.8 Å². The first kappa shape index (κ1) is 15.4. The molecule has 1 atom stereocenters. The first-order chi connectivity index (χ1) is 9.97. The molecule has 0 bridgehead atoms. The Labute approximate surface area is 128 Å². The Morgan fingerprint density at radius 1 is 1.38 bits per heavy atom. The quantitative estimate of drug-likeness (QED) is 0.834. The minimum absolute atomic E-state index is 0.0285. The normalized spacial score (nSPS) is 12.0. The summed E-state index contributed by atoms with van der Waals surface area (Å²) in [4.78, 5) is 14.4. The fourth-order valence-corrected chi connectivity index (χ4v) is 3.22. The number of hydrogen-bond acceptors (Lipinski definition) is 4. The lowest BCUT2D eigenvalue weighted by Gasteiger charge is -2.15. The average molecular weight is 304 g/mol. The molecular formula is C16H20N2O2S. The third-order valence-electron chi connectivity index (χ3n) is 3.20. The predicted molar refractivity (Wildman–Crippen MR) is 86.7 cm³/mol. The number of para-hydroxylation sites is 2. The van der Waals surface area contributed by atoms with Crippen LogP contribution in [0.15, 0.2) is 30.3 Å². The lowest BCUT2D eigenvalue weighted by atomic mass is 10.1. The smallest absolute Gasteiger partial charge is 0.258 e. The molecule has 0 aliphatic carbocycles. The highest BCUT2D eigenvalue weighted by Crippen LogP contribution is 2.26. The Bertz CT molecular complexity index is 637. The van der Waals surface area contributed by atoms with Crippen molar-refractivity contribution in [2.75, 3.05) is 12.3 Å². The molecule has 0 aliphatic heterocycles. The zero-order valence-corrected chi connectivity index (χ0v) is 13.3. The summed E-state index contributed by atoms with van der Waals surface area (Å²) >= 11 is 1.74. The van der Waals surface area contributed by atoms with Gasteiger partial charge in [0, 0.05) is 9.75 Å². The molecule has 1 unspecified atom stereocenters. The lowest BCUT2D eigenvalue weighted by molar-refractivity contribution is -0.123. The van der Waals surface area contributed by atoms with Crippen LogP contribution in [0.25, 0.3) is 0 Å². The minimum atomic E-state index is -0.158. The molecule has 3 N–H and O–H groups in total. The summed E-state index contributed by atoms with van der Waals surface area (Å²) < 4.78 is 5.44. The fourth-order valence-electron chi connectivity index (χ4n) is 2.20. The molecule has 1 amide bonds. The number of thiophene rings is 1. The van der Waals surface area contributed by atoms with Gasteiger partial charge >= 0.3 is 0 Å². The van der Waals surface area contributed by atoms with Gasteiger partial charge < -0.3 is 15.8 Å². The molecule has 5 heteroatoms. The molecule has 0 radical (unpaired) electrons.